The third kappa shape index (κ3) is 6.07. The van der Waals surface area contributed by atoms with E-state index in [2.05, 4.69) is 5.32 Å². The number of amides is 1. The molecule has 0 spiro atoms. The zero-order chi connectivity index (χ0) is 14.4. The molecule has 1 fully saturated rings. The van der Waals surface area contributed by atoms with Crippen molar-refractivity contribution in [3.63, 3.8) is 0 Å². The van der Waals surface area contributed by atoms with Crippen LogP contribution >= 0.6 is 35.8 Å². The first-order chi connectivity index (χ1) is 9.69. The van der Waals surface area contributed by atoms with Crippen molar-refractivity contribution in [3.8, 4) is 0 Å². The molecule has 0 radical (unpaired) electrons. The lowest BCUT2D eigenvalue weighted by Crippen LogP contribution is -2.31. The first-order valence-electron chi connectivity index (χ1n) is 6.93. The van der Waals surface area contributed by atoms with Gasteiger partial charge in [0.1, 0.15) is 0 Å². The minimum atomic E-state index is 0. The van der Waals surface area contributed by atoms with Gasteiger partial charge in [-0.1, -0.05) is 23.7 Å². The largest absolute Gasteiger partial charge is 0.342 e. The Hall–Kier alpha value is -0.420. The van der Waals surface area contributed by atoms with Crippen LogP contribution in [0.25, 0.3) is 0 Å². The summed E-state index contributed by atoms with van der Waals surface area (Å²) in [5, 5.41) is 3.94. The van der Waals surface area contributed by atoms with E-state index in [9.17, 15) is 4.79 Å². The molecule has 1 aliphatic heterocycles. The monoisotopic (exact) mass is 348 g/mol. The Labute approximate surface area is 142 Å². The molecule has 0 aromatic heterocycles. The minimum absolute atomic E-state index is 0. The summed E-state index contributed by atoms with van der Waals surface area (Å²) in [6, 6.07) is 7.81. The van der Waals surface area contributed by atoms with E-state index >= 15 is 0 Å². The van der Waals surface area contributed by atoms with Crippen molar-refractivity contribution in [2.24, 2.45) is 5.92 Å². The summed E-state index contributed by atoms with van der Waals surface area (Å²) in [6.45, 7) is 2.82. The molecule has 6 heteroatoms. The topological polar surface area (TPSA) is 32.3 Å². The normalized spacial score (nSPS) is 17.6. The van der Waals surface area contributed by atoms with Crippen molar-refractivity contribution < 1.29 is 4.79 Å². The molecule has 1 unspecified atom stereocenters. The molecule has 0 saturated carbocycles. The van der Waals surface area contributed by atoms with Crippen LogP contribution in [0.5, 0.6) is 0 Å². The van der Waals surface area contributed by atoms with Crippen LogP contribution in [0.15, 0.2) is 24.3 Å². The van der Waals surface area contributed by atoms with Gasteiger partial charge in [0.05, 0.1) is 5.75 Å². The van der Waals surface area contributed by atoms with Gasteiger partial charge in [-0.05, 0) is 43.6 Å². The van der Waals surface area contributed by atoms with Crippen LogP contribution in [0.1, 0.15) is 12.0 Å². The van der Waals surface area contributed by atoms with E-state index in [1.807, 2.05) is 36.2 Å². The molecule has 1 aliphatic rings. The van der Waals surface area contributed by atoms with Crippen molar-refractivity contribution in [2.75, 3.05) is 32.4 Å². The maximum atomic E-state index is 12.1. The summed E-state index contributed by atoms with van der Waals surface area (Å²) >= 11 is 7.52. The second-order valence-electron chi connectivity index (χ2n) is 5.17. The number of benzene rings is 1. The molecule has 1 aromatic carbocycles. The molecule has 0 bridgehead atoms. The lowest BCUT2D eigenvalue weighted by Gasteiger charge is -2.16. The number of carbonyl (C=O) groups excluding carboxylic acids is 1. The first-order valence-corrected chi connectivity index (χ1v) is 8.47. The average molecular weight is 349 g/mol. The number of thioether (sulfide) groups is 1. The number of nitrogens with one attached hydrogen (secondary N) is 1. The zero-order valence-corrected chi connectivity index (χ0v) is 14.6. The molecule has 1 saturated heterocycles. The Morgan fingerprint density at radius 3 is 2.81 bits per heavy atom. The fourth-order valence-electron chi connectivity index (χ4n) is 2.44. The van der Waals surface area contributed by atoms with Crippen LogP contribution in [0.2, 0.25) is 5.02 Å². The summed E-state index contributed by atoms with van der Waals surface area (Å²) in [4.78, 5) is 14.1. The van der Waals surface area contributed by atoms with Gasteiger partial charge < -0.3 is 10.2 Å². The molecule has 21 heavy (non-hydrogen) atoms. The average Bonchev–Trinajstić information content (AvgIpc) is 2.90. The van der Waals surface area contributed by atoms with E-state index in [0.717, 1.165) is 36.8 Å². The molecular formula is C15H22Cl2N2OS. The second-order valence-corrected chi connectivity index (χ2v) is 6.59. The molecule has 0 aliphatic carbocycles. The smallest absolute Gasteiger partial charge is 0.232 e. The molecule has 1 N–H and O–H groups in total. The summed E-state index contributed by atoms with van der Waals surface area (Å²) in [6.07, 6.45) is 1.12. The number of rotatable bonds is 6. The lowest BCUT2D eigenvalue weighted by molar-refractivity contribution is -0.127. The molecule has 2 rings (SSSR count). The van der Waals surface area contributed by atoms with Gasteiger partial charge >= 0.3 is 0 Å². The predicted octanol–water partition coefficient (Wildman–Crippen LogP) is 3.06. The highest BCUT2D eigenvalue weighted by molar-refractivity contribution is 7.99. The van der Waals surface area contributed by atoms with Gasteiger partial charge in [-0.15, -0.1) is 24.2 Å². The standard InChI is InChI=1S/C15H21ClN2OS.ClH/c1-17-8-13-6-7-18(9-13)15(19)11-20-10-12-2-4-14(16)5-3-12;/h2-5,13,17H,6-11H2,1H3;1H. The van der Waals surface area contributed by atoms with Gasteiger partial charge in [-0.3, -0.25) is 4.79 Å². The van der Waals surface area contributed by atoms with E-state index in [4.69, 9.17) is 11.6 Å². The SMILES string of the molecule is CNCC1CCN(C(=O)CSCc2ccc(Cl)cc2)C1.Cl. The first kappa shape index (κ1) is 18.6. The molecule has 1 aromatic rings. The summed E-state index contributed by atoms with van der Waals surface area (Å²) < 4.78 is 0. The van der Waals surface area contributed by atoms with E-state index in [0.29, 0.717) is 11.7 Å². The Bertz CT molecular complexity index is 442. The number of likely N-dealkylation sites (tertiary alicyclic amines) is 1. The van der Waals surface area contributed by atoms with E-state index < -0.39 is 0 Å². The quantitative estimate of drug-likeness (QED) is 0.857. The third-order valence-electron chi connectivity index (χ3n) is 3.54. The van der Waals surface area contributed by atoms with Crippen molar-refractivity contribution in [1.29, 1.82) is 0 Å². The predicted molar refractivity (Wildman–Crippen MR) is 93.5 cm³/mol. The fourth-order valence-corrected chi connectivity index (χ4v) is 3.46. The van der Waals surface area contributed by atoms with Gasteiger partial charge in [0.2, 0.25) is 5.91 Å². The number of hydrogen-bond acceptors (Lipinski definition) is 3. The highest BCUT2D eigenvalue weighted by Crippen LogP contribution is 2.19. The summed E-state index contributed by atoms with van der Waals surface area (Å²) in [5.74, 6) is 2.30. The lowest BCUT2D eigenvalue weighted by atomic mass is 10.1. The summed E-state index contributed by atoms with van der Waals surface area (Å²) in [5.41, 5.74) is 1.21. The van der Waals surface area contributed by atoms with Gasteiger partial charge in [0.25, 0.3) is 0 Å². The van der Waals surface area contributed by atoms with Crippen molar-refractivity contribution in [2.45, 2.75) is 12.2 Å². The van der Waals surface area contributed by atoms with Crippen LogP contribution in [0, 0.1) is 5.92 Å². The fraction of sp³-hybridized carbons (Fsp3) is 0.533. The molecule has 118 valence electrons. The molecule has 1 heterocycles. The number of carbonyl (C=O) groups is 1. The van der Waals surface area contributed by atoms with Crippen LogP contribution in [0.4, 0.5) is 0 Å². The van der Waals surface area contributed by atoms with Crippen LogP contribution in [-0.2, 0) is 10.5 Å². The molecule has 3 nitrogen and oxygen atoms in total. The zero-order valence-electron chi connectivity index (χ0n) is 12.2. The summed E-state index contributed by atoms with van der Waals surface area (Å²) in [7, 11) is 1.96. The van der Waals surface area contributed by atoms with Crippen molar-refractivity contribution in [3.05, 3.63) is 34.9 Å². The van der Waals surface area contributed by atoms with Gasteiger partial charge in [0.15, 0.2) is 0 Å². The Kier molecular flexibility index (Phi) is 8.49. The maximum absolute atomic E-state index is 12.1. The van der Waals surface area contributed by atoms with E-state index in [-0.39, 0.29) is 18.3 Å². The van der Waals surface area contributed by atoms with Gasteiger partial charge in [-0.25, -0.2) is 0 Å². The van der Waals surface area contributed by atoms with Crippen molar-refractivity contribution in [1.82, 2.24) is 10.2 Å². The Balaban J connectivity index is 0.00000220. The van der Waals surface area contributed by atoms with Crippen LogP contribution in [-0.4, -0.2) is 43.2 Å². The number of halogens is 2. The van der Waals surface area contributed by atoms with E-state index in [1.54, 1.807) is 11.8 Å². The highest BCUT2D eigenvalue weighted by Gasteiger charge is 2.25. The minimum Gasteiger partial charge on any atom is -0.342 e. The molecule has 1 atom stereocenters. The van der Waals surface area contributed by atoms with Crippen molar-refractivity contribution >= 4 is 41.7 Å². The number of nitrogens with zero attached hydrogens (tertiary/aromatic N) is 1. The third-order valence-corrected chi connectivity index (χ3v) is 4.78. The number of hydrogen-bond donors (Lipinski definition) is 1. The molecule has 1 amide bonds. The Morgan fingerprint density at radius 1 is 1.43 bits per heavy atom. The van der Waals surface area contributed by atoms with E-state index in [1.165, 1.54) is 5.56 Å². The van der Waals surface area contributed by atoms with Crippen LogP contribution in [0.3, 0.4) is 0 Å². The highest BCUT2D eigenvalue weighted by atomic mass is 35.5. The molecular weight excluding hydrogens is 327 g/mol. The van der Waals surface area contributed by atoms with Gasteiger partial charge in [0, 0.05) is 23.9 Å². The van der Waals surface area contributed by atoms with Crippen LogP contribution < -0.4 is 5.32 Å². The Morgan fingerprint density at radius 2 is 2.14 bits per heavy atom. The van der Waals surface area contributed by atoms with Gasteiger partial charge in [-0.2, -0.15) is 0 Å². The second kappa shape index (κ2) is 9.57. The maximum Gasteiger partial charge on any atom is 0.232 e.